The third kappa shape index (κ3) is 5.58. The van der Waals surface area contributed by atoms with Crippen LogP contribution in [0.15, 0.2) is 18.2 Å². The van der Waals surface area contributed by atoms with Crippen molar-refractivity contribution in [1.29, 1.82) is 0 Å². The molecule has 2 N–H and O–H groups in total. The lowest BCUT2D eigenvalue weighted by atomic mass is 10.0. The van der Waals surface area contributed by atoms with Crippen LogP contribution in [0.4, 0.5) is 0 Å². The molecule has 0 aliphatic heterocycles. The summed E-state index contributed by atoms with van der Waals surface area (Å²) >= 11 is 0. The highest BCUT2D eigenvalue weighted by atomic mass is 16.2. The van der Waals surface area contributed by atoms with Gasteiger partial charge in [0, 0.05) is 17.2 Å². The highest BCUT2D eigenvalue weighted by Gasteiger charge is 2.13. The second kappa shape index (κ2) is 8.46. The van der Waals surface area contributed by atoms with E-state index in [-0.39, 0.29) is 18.6 Å². The van der Waals surface area contributed by atoms with Crippen molar-refractivity contribution < 1.29 is 9.90 Å². The molecule has 1 aromatic rings. The van der Waals surface area contributed by atoms with E-state index in [1.165, 1.54) is 0 Å². The number of hydrogen-bond donors (Lipinski definition) is 2. The number of amides is 1. The molecule has 0 saturated heterocycles. The summed E-state index contributed by atoms with van der Waals surface area (Å²) in [6.07, 6.45) is 0.905. The maximum absolute atomic E-state index is 12.3. The lowest BCUT2D eigenvalue weighted by molar-refractivity contribution is 0.0936. The first-order valence-corrected chi connectivity index (χ1v) is 7.10. The van der Waals surface area contributed by atoms with E-state index in [0.29, 0.717) is 5.56 Å². The van der Waals surface area contributed by atoms with Gasteiger partial charge in [0.15, 0.2) is 0 Å². The Hall–Kier alpha value is -1.83. The molecule has 0 saturated carbocycles. The first kappa shape index (κ1) is 17.2. The maximum atomic E-state index is 12.3. The van der Waals surface area contributed by atoms with Crippen molar-refractivity contribution in [3.05, 3.63) is 34.9 Å². The van der Waals surface area contributed by atoms with Crippen molar-refractivity contribution >= 4 is 5.91 Å². The van der Waals surface area contributed by atoms with Crippen LogP contribution in [0.2, 0.25) is 0 Å². The van der Waals surface area contributed by atoms with Crippen molar-refractivity contribution in [1.82, 2.24) is 10.2 Å². The van der Waals surface area contributed by atoms with Crippen LogP contribution < -0.4 is 5.32 Å². The highest BCUT2D eigenvalue weighted by Crippen LogP contribution is 2.13. The average molecular weight is 288 g/mol. The molecule has 1 unspecified atom stereocenters. The van der Waals surface area contributed by atoms with E-state index in [0.717, 1.165) is 24.1 Å². The van der Waals surface area contributed by atoms with Gasteiger partial charge < -0.3 is 15.3 Å². The third-order valence-corrected chi connectivity index (χ3v) is 3.27. The van der Waals surface area contributed by atoms with Crippen molar-refractivity contribution in [3.8, 4) is 11.8 Å². The van der Waals surface area contributed by atoms with Gasteiger partial charge in [-0.1, -0.05) is 17.9 Å². The number of hydrogen-bond acceptors (Lipinski definition) is 3. The highest BCUT2D eigenvalue weighted by molar-refractivity contribution is 5.96. The monoisotopic (exact) mass is 288 g/mol. The molecule has 114 valence electrons. The summed E-state index contributed by atoms with van der Waals surface area (Å²) in [5.74, 6) is 5.40. The minimum atomic E-state index is -0.183. The van der Waals surface area contributed by atoms with Crippen LogP contribution in [0.1, 0.15) is 34.8 Å². The molecule has 1 aromatic carbocycles. The summed E-state index contributed by atoms with van der Waals surface area (Å²) < 4.78 is 0. The summed E-state index contributed by atoms with van der Waals surface area (Å²) in [7, 11) is 4.03. The van der Waals surface area contributed by atoms with E-state index in [1.54, 1.807) is 6.07 Å². The average Bonchev–Trinajstić information content (AvgIpc) is 2.44. The van der Waals surface area contributed by atoms with Crippen molar-refractivity contribution in [2.45, 2.75) is 26.3 Å². The Morgan fingerprint density at radius 3 is 2.76 bits per heavy atom. The molecule has 1 atom stereocenters. The van der Waals surface area contributed by atoms with Crippen molar-refractivity contribution in [2.75, 3.05) is 27.2 Å². The fraction of sp³-hybridized carbons (Fsp3) is 0.471. The Bertz CT molecular complexity index is 541. The van der Waals surface area contributed by atoms with Gasteiger partial charge in [0.05, 0.1) is 0 Å². The van der Waals surface area contributed by atoms with Crippen LogP contribution in [0, 0.1) is 18.8 Å². The van der Waals surface area contributed by atoms with Crippen molar-refractivity contribution in [2.24, 2.45) is 0 Å². The molecule has 0 aliphatic carbocycles. The minimum absolute atomic E-state index is 0.0774. The van der Waals surface area contributed by atoms with Crippen LogP contribution in [0.3, 0.4) is 0 Å². The first-order chi connectivity index (χ1) is 9.95. The summed E-state index contributed by atoms with van der Waals surface area (Å²) in [6.45, 7) is 4.63. The van der Waals surface area contributed by atoms with E-state index >= 15 is 0 Å². The predicted molar refractivity (Wildman–Crippen MR) is 85.2 cm³/mol. The number of aliphatic hydroxyl groups is 1. The van der Waals surface area contributed by atoms with E-state index in [1.807, 2.05) is 40.1 Å². The lowest BCUT2D eigenvalue weighted by Gasteiger charge is -2.17. The Kier molecular flexibility index (Phi) is 6.93. The van der Waals surface area contributed by atoms with Crippen LogP contribution in [0.5, 0.6) is 0 Å². The predicted octanol–water partition coefficient (Wildman–Crippen LogP) is 1.41. The topological polar surface area (TPSA) is 52.6 Å². The standard InChI is InChI=1S/C17H24N2O2/c1-13(10-11-19(3)4)18-17(21)16-9-5-7-15(14(16)2)8-6-12-20/h5,7,9,13,20H,10-12H2,1-4H3,(H,18,21). The molecule has 4 heteroatoms. The number of carbonyl (C=O) groups excluding carboxylic acids is 1. The van der Waals surface area contributed by atoms with Gasteiger partial charge >= 0.3 is 0 Å². The number of aliphatic hydroxyl groups excluding tert-OH is 1. The van der Waals surface area contributed by atoms with E-state index in [4.69, 9.17) is 5.11 Å². The quantitative estimate of drug-likeness (QED) is 0.806. The van der Waals surface area contributed by atoms with Gasteiger partial charge in [0.25, 0.3) is 5.91 Å². The zero-order valence-corrected chi connectivity index (χ0v) is 13.2. The largest absolute Gasteiger partial charge is 0.384 e. The van der Waals surface area contributed by atoms with Gasteiger partial charge in [-0.05, 0) is 58.6 Å². The molecule has 0 radical (unpaired) electrons. The molecule has 0 heterocycles. The molecule has 21 heavy (non-hydrogen) atoms. The number of carbonyl (C=O) groups is 1. The molecule has 0 fully saturated rings. The van der Waals surface area contributed by atoms with Gasteiger partial charge in [-0.25, -0.2) is 0 Å². The van der Waals surface area contributed by atoms with Crippen LogP contribution in [0.25, 0.3) is 0 Å². The zero-order valence-electron chi connectivity index (χ0n) is 13.2. The van der Waals surface area contributed by atoms with Gasteiger partial charge in [0.2, 0.25) is 0 Å². The second-order valence-electron chi connectivity index (χ2n) is 5.40. The summed E-state index contributed by atoms with van der Waals surface area (Å²) in [4.78, 5) is 14.4. The SMILES string of the molecule is Cc1c(C#CCO)cccc1C(=O)NC(C)CCN(C)C. The van der Waals surface area contributed by atoms with E-state index < -0.39 is 0 Å². The lowest BCUT2D eigenvalue weighted by Crippen LogP contribution is -2.35. The number of nitrogens with zero attached hydrogens (tertiary/aromatic N) is 1. The smallest absolute Gasteiger partial charge is 0.251 e. The molecular formula is C17H24N2O2. The van der Waals surface area contributed by atoms with Crippen LogP contribution in [-0.4, -0.2) is 49.2 Å². The van der Waals surface area contributed by atoms with Gasteiger partial charge in [0.1, 0.15) is 6.61 Å². The first-order valence-electron chi connectivity index (χ1n) is 7.10. The summed E-state index contributed by atoms with van der Waals surface area (Å²) in [6, 6.07) is 5.58. The molecule has 1 rings (SSSR count). The Morgan fingerprint density at radius 1 is 1.43 bits per heavy atom. The van der Waals surface area contributed by atoms with Gasteiger partial charge in [-0.2, -0.15) is 0 Å². The summed E-state index contributed by atoms with van der Waals surface area (Å²) in [5.41, 5.74) is 2.25. The number of benzene rings is 1. The minimum Gasteiger partial charge on any atom is -0.384 e. The second-order valence-corrected chi connectivity index (χ2v) is 5.40. The Labute approximate surface area is 127 Å². The normalized spacial score (nSPS) is 11.7. The fourth-order valence-electron chi connectivity index (χ4n) is 1.98. The molecule has 0 bridgehead atoms. The Balaban J connectivity index is 2.78. The maximum Gasteiger partial charge on any atom is 0.251 e. The molecular weight excluding hydrogens is 264 g/mol. The fourth-order valence-corrected chi connectivity index (χ4v) is 1.98. The van der Waals surface area contributed by atoms with E-state index in [2.05, 4.69) is 22.1 Å². The molecule has 1 amide bonds. The molecule has 0 spiro atoms. The zero-order chi connectivity index (χ0) is 15.8. The van der Waals surface area contributed by atoms with Gasteiger partial charge in [-0.15, -0.1) is 0 Å². The van der Waals surface area contributed by atoms with Gasteiger partial charge in [-0.3, -0.25) is 4.79 Å². The molecule has 0 aliphatic rings. The Morgan fingerprint density at radius 2 is 2.14 bits per heavy atom. The number of nitrogens with one attached hydrogen (secondary N) is 1. The molecule has 4 nitrogen and oxygen atoms in total. The van der Waals surface area contributed by atoms with E-state index in [9.17, 15) is 4.79 Å². The van der Waals surface area contributed by atoms with Crippen molar-refractivity contribution in [3.63, 3.8) is 0 Å². The molecule has 0 aromatic heterocycles. The summed E-state index contributed by atoms with van der Waals surface area (Å²) in [5, 5.41) is 11.8. The third-order valence-electron chi connectivity index (χ3n) is 3.27. The number of rotatable bonds is 5. The van der Waals surface area contributed by atoms with Crippen LogP contribution in [-0.2, 0) is 0 Å². The van der Waals surface area contributed by atoms with Crippen LogP contribution >= 0.6 is 0 Å².